The van der Waals surface area contributed by atoms with Crippen LogP contribution in [0, 0.1) is 23.7 Å². The molecule has 0 saturated heterocycles. The maximum Gasteiger partial charge on any atom is 0.185 e. The number of hydrogen-bond acceptors (Lipinski definition) is 2. The van der Waals surface area contributed by atoms with E-state index in [0.29, 0.717) is 0 Å². The van der Waals surface area contributed by atoms with Gasteiger partial charge in [-0.2, -0.15) is 0 Å². The van der Waals surface area contributed by atoms with Gasteiger partial charge in [-0.3, -0.25) is 9.59 Å². The number of ketones is 2. The second-order valence-electron chi connectivity index (χ2n) is 9.52. The number of hydrogen-bond donors (Lipinski definition) is 0. The van der Waals surface area contributed by atoms with Gasteiger partial charge in [0.1, 0.15) is 0 Å². The summed E-state index contributed by atoms with van der Waals surface area (Å²) < 4.78 is 0. The maximum atomic E-state index is 13.7. The van der Waals surface area contributed by atoms with Crippen molar-refractivity contribution in [2.45, 2.75) is 128 Å². The van der Waals surface area contributed by atoms with Crippen molar-refractivity contribution in [1.29, 1.82) is 0 Å². The van der Waals surface area contributed by atoms with Crippen LogP contribution in [0.15, 0.2) is 22.3 Å². The average Bonchev–Trinajstić information content (AvgIpc) is 2.79. The first-order chi connectivity index (χ1) is 15.8. The van der Waals surface area contributed by atoms with Crippen molar-refractivity contribution < 1.29 is 9.59 Å². The highest BCUT2D eigenvalue weighted by Crippen LogP contribution is 2.35. The molecular weight excluding hydrogens is 392 g/mol. The Bertz CT molecular complexity index is 715. The molecule has 3 aliphatic rings. The number of carbonyl (C=O) groups excluding carboxylic acids is 2. The van der Waals surface area contributed by atoms with Crippen molar-refractivity contribution in [3.63, 3.8) is 0 Å². The van der Waals surface area contributed by atoms with Gasteiger partial charge in [-0.05, 0) is 77.0 Å². The summed E-state index contributed by atoms with van der Waals surface area (Å²) in [5, 5.41) is 0. The number of rotatable bonds is 0. The summed E-state index contributed by atoms with van der Waals surface area (Å²) in [6.07, 6.45) is 19.5. The average molecular weight is 433 g/mol. The van der Waals surface area contributed by atoms with E-state index in [1.54, 1.807) is 0 Å². The Morgan fingerprint density at radius 3 is 0.844 bits per heavy atom. The van der Waals surface area contributed by atoms with Gasteiger partial charge in [-0.25, -0.2) is 0 Å². The fraction of sp³-hybridized carbons (Fsp3) is 0.667. The molecule has 0 bridgehead atoms. The SMILES string of the molecule is O=C1C2=C(CCCCCC#CCCCCC2)C(=O)C2=C1CCCCCC#CCCCCC2. The van der Waals surface area contributed by atoms with Crippen LogP contribution in [-0.4, -0.2) is 11.6 Å². The molecule has 32 heavy (non-hydrogen) atoms. The third kappa shape index (κ3) is 7.52. The largest absolute Gasteiger partial charge is 0.289 e. The molecule has 0 unspecified atom stereocenters. The zero-order valence-corrected chi connectivity index (χ0v) is 20.0. The zero-order valence-electron chi connectivity index (χ0n) is 20.0. The van der Waals surface area contributed by atoms with Gasteiger partial charge in [0, 0.05) is 48.0 Å². The normalized spacial score (nSPS) is 22.9. The summed E-state index contributed by atoms with van der Waals surface area (Å²) in [5.74, 6) is 13.6. The summed E-state index contributed by atoms with van der Waals surface area (Å²) in [6.45, 7) is 0. The molecule has 0 aliphatic heterocycles. The predicted octanol–water partition coefficient (Wildman–Crippen LogP) is 7.57. The van der Waals surface area contributed by atoms with Gasteiger partial charge in [0.15, 0.2) is 11.6 Å². The second kappa shape index (κ2) is 14.2. The van der Waals surface area contributed by atoms with E-state index in [4.69, 9.17) is 0 Å². The van der Waals surface area contributed by atoms with Gasteiger partial charge in [-0.1, -0.05) is 25.7 Å². The van der Waals surface area contributed by atoms with E-state index in [1.807, 2.05) is 0 Å². The quantitative estimate of drug-likeness (QED) is 0.292. The van der Waals surface area contributed by atoms with Crippen molar-refractivity contribution in [3.8, 4) is 23.7 Å². The fourth-order valence-corrected chi connectivity index (χ4v) is 5.09. The molecule has 2 nitrogen and oxygen atoms in total. The number of allylic oxidation sites excluding steroid dienone is 4. The predicted molar refractivity (Wildman–Crippen MR) is 132 cm³/mol. The molecule has 2 heteroatoms. The molecule has 0 aromatic heterocycles. The molecule has 0 aromatic carbocycles. The van der Waals surface area contributed by atoms with E-state index >= 15 is 0 Å². The van der Waals surface area contributed by atoms with E-state index < -0.39 is 0 Å². The third-order valence-electron chi connectivity index (χ3n) is 6.99. The van der Waals surface area contributed by atoms with Crippen molar-refractivity contribution in [2.75, 3.05) is 0 Å². The van der Waals surface area contributed by atoms with Gasteiger partial charge in [-0.15, -0.1) is 23.7 Å². The molecule has 0 saturated carbocycles. The smallest absolute Gasteiger partial charge is 0.185 e. The molecule has 0 radical (unpaired) electrons. The van der Waals surface area contributed by atoms with Crippen LogP contribution in [0.5, 0.6) is 0 Å². The van der Waals surface area contributed by atoms with Crippen LogP contribution in [-0.2, 0) is 9.59 Å². The van der Waals surface area contributed by atoms with Gasteiger partial charge < -0.3 is 0 Å². The first-order valence-corrected chi connectivity index (χ1v) is 13.2. The van der Waals surface area contributed by atoms with E-state index in [9.17, 15) is 9.59 Å². The van der Waals surface area contributed by atoms with Gasteiger partial charge >= 0.3 is 0 Å². The lowest BCUT2D eigenvalue weighted by atomic mass is 9.77. The van der Waals surface area contributed by atoms with Crippen LogP contribution in [0.3, 0.4) is 0 Å². The molecule has 172 valence electrons. The lowest BCUT2D eigenvalue weighted by Crippen LogP contribution is -2.25. The highest BCUT2D eigenvalue weighted by atomic mass is 16.1. The first kappa shape index (κ1) is 24.6. The minimum absolute atomic E-state index is 0.216. The minimum atomic E-state index is 0.216. The Morgan fingerprint density at radius 2 is 0.594 bits per heavy atom. The first-order valence-electron chi connectivity index (χ1n) is 13.2. The molecule has 0 amide bonds. The molecule has 0 fully saturated rings. The van der Waals surface area contributed by atoms with Crippen LogP contribution in [0.4, 0.5) is 0 Å². The molecule has 0 heterocycles. The van der Waals surface area contributed by atoms with E-state index in [-0.39, 0.29) is 11.6 Å². The summed E-state index contributed by atoms with van der Waals surface area (Å²) >= 11 is 0. The van der Waals surface area contributed by atoms with Crippen molar-refractivity contribution in [2.24, 2.45) is 0 Å². The summed E-state index contributed by atoms with van der Waals surface area (Å²) in [5.41, 5.74) is 3.46. The molecule has 0 spiro atoms. The summed E-state index contributed by atoms with van der Waals surface area (Å²) in [6, 6.07) is 0. The Labute approximate surface area is 195 Å². The van der Waals surface area contributed by atoms with Crippen LogP contribution in [0.1, 0.15) is 128 Å². The van der Waals surface area contributed by atoms with Crippen molar-refractivity contribution in [3.05, 3.63) is 22.3 Å². The van der Waals surface area contributed by atoms with E-state index in [1.165, 1.54) is 0 Å². The molecular formula is C30H40O2. The minimum Gasteiger partial charge on any atom is -0.289 e. The maximum absolute atomic E-state index is 13.7. The topological polar surface area (TPSA) is 34.1 Å². The highest BCUT2D eigenvalue weighted by Gasteiger charge is 2.32. The van der Waals surface area contributed by atoms with Gasteiger partial charge in [0.05, 0.1) is 0 Å². The Hall–Kier alpha value is -2.06. The summed E-state index contributed by atoms with van der Waals surface area (Å²) in [7, 11) is 0. The monoisotopic (exact) mass is 432 g/mol. The standard InChI is InChI=1S/C30H40O2/c31-29-25-21-17-13-9-5-1-2-6-10-14-18-22-26(25)30(32)28-24-20-16-12-8-4-3-7-11-15-19-23-27(28)29/h5-24H2. The van der Waals surface area contributed by atoms with Crippen LogP contribution >= 0.6 is 0 Å². The van der Waals surface area contributed by atoms with Crippen LogP contribution < -0.4 is 0 Å². The Morgan fingerprint density at radius 1 is 0.344 bits per heavy atom. The van der Waals surface area contributed by atoms with E-state index in [2.05, 4.69) is 23.7 Å². The van der Waals surface area contributed by atoms with Crippen molar-refractivity contribution >= 4 is 11.6 Å². The highest BCUT2D eigenvalue weighted by molar-refractivity contribution is 6.25. The lowest BCUT2D eigenvalue weighted by Gasteiger charge is -2.25. The number of Topliss-reactive ketones (excluding diaryl/α,β-unsaturated/α-hetero) is 2. The van der Waals surface area contributed by atoms with Crippen molar-refractivity contribution in [1.82, 2.24) is 0 Å². The lowest BCUT2D eigenvalue weighted by molar-refractivity contribution is -0.117. The molecule has 0 N–H and O–H groups in total. The van der Waals surface area contributed by atoms with Gasteiger partial charge in [0.25, 0.3) is 0 Å². The van der Waals surface area contributed by atoms with Crippen LogP contribution in [0.2, 0.25) is 0 Å². The molecule has 0 atom stereocenters. The molecule has 0 aromatic rings. The summed E-state index contributed by atoms with van der Waals surface area (Å²) in [4.78, 5) is 27.4. The fourth-order valence-electron chi connectivity index (χ4n) is 5.09. The third-order valence-corrected chi connectivity index (χ3v) is 6.99. The number of carbonyl (C=O) groups is 2. The van der Waals surface area contributed by atoms with Gasteiger partial charge in [0.2, 0.25) is 0 Å². The Balaban J connectivity index is 1.79. The van der Waals surface area contributed by atoms with E-state index in [0.717, 1.165) is 151 Å². The Kier molecular flexibility index (Phi) is 10.9. The zero-order chi connectivity index (χ0) is 22.4. The second-order valence-corrected chi connectivity index (χ2v) is 9.52. The molecule has 3 aliphatic carbocycles. The van der Waals surface area contributed by atoms with Crippen LogP contribution in [0.25, 0.3) is 0 Å². The molecule has 3 rings (SSSR count).